The highest BCUT2D eigenvalue weighted by atomic mass is 19.3. The molecule has 8 rings (SSSR count). The average Bonchev–Trinajstić information content (AvgIpc) is 4.00. The molecular formula is C45H44F4N10O2. The number of halogens is 4. The zero-order chi connectivity index (χ0) is 42.6. The second kappa shape index (κ2) is 17.6. The summed E-state index contributed by atoms with van der Waals surface area (Å²) >= 11 is 0. The van der Waals surface area contributed by atoms with E-state index in [2.05, 4.69) is 85.5 Å². The molecule has 0 spiro atoms. The highest BCUT2D eigenvalue weighted by Crippen LogP contribution is 2.47. The van der Waals surface area contributed by atoms with E-state index in [0.29, 0.717) is 24.1 Å². The monoisotopic (exact) mass is 832 g/mol. The van der Waals surface area contributed by atoms with Gasteiger partial charge in [-0.1, -0.05) is 55.5 Å². The van der Waals surface area contributed by atoms with E-state index in [0.717, 1.165) is 89.9 Å². The van der Waals surface area contributed by atoms with Crippen LogP contribution in [0.5, 0.6) is 0 Å². The van der Waals surface area contributed by atoms with Crippen LogP contribution in [-0.2, 0) is 29.4 Å². The fourth-order valence-electron chi connectivity index (χ4n) is 7.75. The van der Waals surface area contributed by atoms with E-state index in [1.165, 1.54) is 12.3 Å². The number of anilines is 2. The van der Waals surface area contributed by atoms with Crippen molar-refractivity contribution in [2.75, 3.05) is 36.0 Å². The van der Waals surface area contributed by atoms with Crippen LogP contribution in [0.3, 0.4) is 0 Å². The molecular weight excluding hydrogens is 789 g/mol. The molecule has 0 saturated carbocycles. The highest BCUT2D eigenvalue weighted by molar-refractivity contribution is 5.66. The van der Waals surface area contributed by atoms with Gasteiger partial charge < -0.3 is 19.6 Å². The smallest absolute Gasteiger partial charge is 0.323 e. The van der Waals surface area contributed by atoms with Crippen LogP contribution in [0, 0.1) is 11.6 Å². The van der Waals surface area contributed by atoms with Gasteiger partial charge in [0.15, 0.2) is 11.4 Å². The van der Waals surface area contributed by atoms with Crippen molar-refractivity contribution in [3.8, 4) is 22.5 Å². The van der Waals surface area contributed by atoms with Gasteiger partial charge in [0.1, 0.15) is 30.0 Å². The number of piperazine rings is 1. The van der Waals surface area contributed by atoms with Crippen molar-refractivity contribution < 1.29 is 27.4 Å². The molecule has 1 fully saturated rings. The van der Waals surface area contributed by atoms with Gasteiger partial charge in [0, 0.05) is 66.5 Å². The number of aliphatic hydroxyl groups is 1. The molecule has 4 aromatic carbocycles. The van der Waals surface area contributed by atoms with Gasteiger partial charge in [-0.2, -0.15) is 13.9 Å². The number of alkyl halides is 2. The first-order valence-electron chi connectivity index (χ1n) is 20.0. The predicted octanol–water partition coefficient (Wildman–Crippen LogP) is 7.83. The second-order valence-corrected chi connectivity index (χ2v) is 15.1. The summed E-state index contributed by atoms with van der Waals surface area (Å²) in [7, 11) is 0. The van der Waals surface area contributed by atoms with Gasteiger partial charge >= 0.3 is 5.92 Å². The second-order valence-electron chi connectivity index (χ2n) is 15.1. The third kappa shape index (κ3) is 8.72. The van der Waals surface area contributed by atoms with E-state index >= 15 is 8.78 Å². The van der Waals surface area contributed by atoms with E-state index in [1.54, 1.807) is 6.33 Å². The lowest BCUT2D eigenvalue weighted by Crippen LogP contribution is -2.48. The van der Waals surface area contributed by atoms with Crippen molar-refractivity contribution in [3.05, 3.63) is 157 Å². The lowest BCUT2D eigenvalue weighted by Gasteiger charge is -2.37. The molecule has 3 atom stereocenters. The van der Waals surface area contributed by atoms with Gasteiger partial charge in [0.05, 0.1) is 25.3 Å². The Morgan fingerprint density at radius 2 is 1.43 bits per heavy atom. The Bertz CT molecular complexity index is 2500. The molecule has 7 aromatic rings. The number of hydrogen-bond acceptors (Lipinski definition) is 10. The van der Waals surface area contributed by atoms with Crippen LogP contribution >= 0.6 is 0 Å². The zero-order valence-electron chi connectivity index (χ0n) is 33.6. The molecule has 1 N–H and O–H groups in total. The van der Waals surface area contributed by atoms with Crippen molar-refractivity contribution in [2.24, 2.45) is 0 Å². The number of rotatable bonds is 15. The van der Waals surface area contributed by atoms with Crippen molar-refractivity contribution >= 4 is 11.4 Å². The molecule has 61 heavy (non-hydrogen) atoms. The molecule has 1 aliphatic rings. The summed E-state index contributed by atoms with van der Waals surface area (Å²) in [5.74, 6) is -5.82. The van der Waals surface area contributed by atoms with E-state index in [4.69, 9.17) is 9.84 Å². The number of ether oxygens (including phenoxy) is 1. The van der Waals surface area contributed by atoms with Gasteiger partial charge in [-0.3, -0.25) is 4.98 Å². The third-order valence-corrected chi connectivity index (χ3v) is 11.3. The van der Waals surface area contributed by atoms with Gasteiger partial charge in [-0.15, -0.1) is 5.10 Å². The third-order valence-electron chi connectivity index (χ3n) is 11.3. The summed E-state index contributed by atoms with van der Waals surface area (Å²) in [4.78, 5) is 13.3. The Morgan fingerprint density at radius 3 is 2.02 bits per heavy atom. The van der Waals surface area contributed by atoms with Gasteiger partial charge in [0.25, 0.3) is 0 Å². The summed E-state index contributed by atoms with van der Waals surface area (Å²) in [6.45, 7) is 7.03. The van der Waals surface area contributed by atoms with E-state index in [1.807, 2.05) is 47.1 Å². The number of pyridine rings is 1. The predicted molar refractivity (Wildman–Crippen MR) is 222 cm³/mol. The van der Waals surface area contributed by atoms with E-state index in [-0.39, 0.29) is 12.1 Å². The van der Waals surface area contributed by atoms with Crippen LogP contribution in [0.25, 0.3) is 22.5 Å². The minimum Gasteiger partial charge on any atom is -0.377 e. The van der Waals surface area contributed by atoms with Crippen molar-refractivity contribution in [1.29, 1.82) is 0 Å². The maximum absolute atomic E-state index is 16.2. The summed E-state index contributed by atoms with van der Waals surface area (Å²) in [5.41, 5.74) is 0.653. The van der Waals surface area contributed by atoms with E-state index in [9.17, 15) is 13.9 Å². The minimum absolute atomic E-state index is 0.0462. The normalized spacial score (nSPS) is 15.4. The summed E-state index contributed by atoms with van der Waals surface area (Å²) in [5, 5.41) is 26.7. The summed E-state index contributed by atoms with van der Waals surface area (Å²) < 4.78 is 70.0. The quantitative estimate of drug-likeness (QED) is 0.102. The Kier molecular flexibility index (Phi) is 11.9. The topological polar surface area (TPSA) is 123 Å². The molecule has 0 radical (unpaired) electrons. The number of hydrogen-bond donors (Lipinski definition) is 1. The Hall–Kier alpha value is -6.52. The fourth-order valence-corrected chi connectivity index (χ4v) is 7.75. The molecule has 4 heterocycles. The molecule has 3 aromatic heterocycles. The summed E-state index contributed by atoms with van der Waals surface area (Å²) in [6, 6.07) is 30.8. The summed E-state index contributed by atoms with van der Waals surface area (Å²) in [6.07, 6.45) is 4.87. The van der Waals surface area contributed by atoms with Crippen molar-refractivity contribution in [2.45, 2.75) is 57.1 Å². The van der Waals surface area contributed by atoms with Crippen LogP contribution in [0.15, 0.2) is 128 Å². The van der Waals surface area contributed by atoms with Crippen molar-refractivity contribution in [3.63, 3.8) is 0 Å². The zero-order valence-corrected chi connectivity index (χ0v) is 33.6. The molecule has 1 aliphatic heterocycles. The van der Waals surface area contributed by atoms with E-state index < -0.39 is 41.0 Å². The van der Waals surface area contributed by atoms with Crippen LogP contribution in [-0.4, -0.2) is 77.3 Å². The SMILES string of the molecule is CC[C@@H]([C@H](C)OCc1ccccc1)n1cnc(-c2ccc(N3CCN(c4ccc(-c5ccc(C(F)(F)C(O)(Cn6cnnn6)c6ccc(F)cc6F)nc5)cc4)CC3)cc2)n1. The molecule has 1 unspecified atom stereocenters. The molecule has 314 valence electrons. The van der Waals surface area contributed by atoms with Gasteiger partial charge in [-0.05, 0) is 89.5 Å². The van der Waals surface area contributed by atoms with Crippen LogP contribution in [0.2, 0.25) is 0 Å². The molecule has 12 nitrogen and oxygen atoms in total. The number of benzene rings is 4. The van der Waals surface area contributed by atoms with Crippen LogP contribution in [0.1, 0.15) is 43.1 Å². The maximum Gasteiger partial charge on any atom is 0.323 e. The largest absolute Gasteiger partial charge is 0.377 e. The Balaban J connectivity index is 0.875. The first kappa shape index (κ1) is 41.2. The first-order chi connectivity index (χ1) is 29.5. The fraction of sp³-hybridized carbons (Fsp3) is 0.289. The average molecular weight is 833 g/mol. The molecule has 0 bridgehead atoms. The number of tetrazole rings is 1. The maximum atomic E-state index is 16.2. The van der Waals surface area contributed by atoms with Gasteiger partial charge in [-0.25, -0.2) is 23.1 Å². The van der Waals surface area contributed by atoms with Crippen LogP contribution < -0.4 is 9.80 Å². The number of aromatic nitrogens is 8. The molecule has 1 saturated heterocycles. The van der Waals surface area contributed by atoms with Gasteiger partial charge in [0.2, 0.25) is 0 Å². The molecule has 0 aliphatic carbocycles. The minimum atomic E-state index is -4.15. The Labute approximate surface area is 350 Å². The lowest BCUT2D eigenvalue weighted by molar-refractivity contribution is -0.207. The first-order valence-corrected chi connectivity index (χ1v) is 20.0. The lowest BCUT2D eigenvalue weighted by atomic mass is 9.84. The van der Waals surface area contributed by atoms with Crippen molar-refractivity contribution in [1.82, 2.24) is 40.0 Å². The highest BCUT2D eigenvalue weighted by Gasteiger charge is 2.58. The molecule has 0 amide bonds. The molecule has 16 heteroatoms. The van der Waals surface area contributed by atoms with Crippen LogP contribution in [0.4, 0.5) is 28.9 Å². The number of nitrogens with zero attached hydrogens (tertiary/aromatic N) is 10. The Morgan fingerprint density at radius 1 is 0.770 bits per heavy atom. The standard InChI is InChI=1S/C45H44F4N10O2/c1-3-41(31(2)61-27-32-7-5-4-6-8-32)59-29-51-43(53-59)34-11-17-38(18-12-34)57-23-21-56(22-24-57)37-15-9-33(10-16-37)35-13-20-42(50-26-35)45(48,49)44(60,28-58-30-52-54-55-58)39-19-14-36(46)25-40(39)47/h4-20,25-26,29-31,41,60H,3,21-24,27-28H2,1-2H3/t31-,41-,44?/m0/s1.